The zero-order chi connectivity index (χ0) is 20.1. The maximum absolute atomic E-state index is 13.8. The standard InChI is InChI=1S/C16H23BF2N4O4/c1-9(2)5-13(17(26)27)22-14(24)8-21-16(25)12-3-4-23(12)15-11(19)6-10(18)7-20-15/h6-7,9,12-13,26-27H,3-5,8H2,1-2H3,(H,21,25)(H,22,24)/t12-,13-/m0/s1. The average molecular weight is 384 g/mol. The summed E-state index contributed by atoms with van der Waals surface area (Å²) in [4.78, 5) is 29.2. The maximum Gasteiger partial charge on any atom is 0.475 e. The number of hydrogen-bond acceptors (Lipinski definition) is 6. The van der Waals surface area contributed by atoms with Crippen molar-refractivity contribution in [3.05, 3.63) is 23.9 Å². The Bertz CT molecular complexity index is 692. The third-order valence-corrected chi connectivity index (χ3v) is 4.24. The molecule has 8 nitrogen and oxygen atoms in total. The van der Waals surface area contributed by atoms with E-state index >= 15 is 0 Å². The molecule has 2 atom stereocenters. The first-order valence-electron chi connectivity index (χ1n) is 8.70. The zero-order valence-electron chi connectivity index (χ0n) is 15.2. The second kappa shape index (κ2) is 9.09. The van der Waals surface area contributed by atoms with Gasteiger partial charge in [-0.05, 0) is 18.8 Å². The Labute approximate surface area is 156 Å². The third kappa shape index (κ3) is 5.60. The smallest absolute Gasteiger partial charge is 0.426 e. The van der Waals surface area contributed by atoms with Crippen molar-refractivity contribution >= 4 is 24.8 Å². The molecule has 4 N–H and O–H groups in total. The molecule has 2 heterocycles. The molecular formula is C16H23BF2N4O4. The van der Waals surface area contributed by atoms with Crippen LogP contribution in [0.1, 0.15) is 26.7 Å². The van der Waals surface area contributed by atoms with Crippen LogP contribution in [0.3, 0.4) is 0 Å². The van der Waals surface area contributed by atoms with Crippen LogP contribution in [0.25, 0.3) is 0 Å². The quantitative estimate of drug-likeness (QED) is 0.454. The van der Waals surface area contributed by atoms with Crippen LogP contribution in [-0.4, -0.2) is 59.0 Å². The summed E-state index contributed by atoms with van der Waals surface area (Å²) in [5.41, 5.74) is 0. The molecule has 1 saturated heterocycles. The summed E-state index contributed by atoms with van der Waals surface area (Å²) >= 11 is 0. The fraction of sp³-hybridized carbons (Fsp3) is 0.562. The molecule has 0 radical (unpaired) electrons. The second-order valence-electron chi connectivity index (χ2n) is 6.89. The first-order valence-corrected chi connectivity index (χ1v) is 8.70. The van der Waals surface area contributed by atoms with Crippen LogP contribution in [0.2, 0.25) is 0 Å². The fourth-order valence-corrected chi connectivity index (χ4v) is 2.84. The molecule has 148 valence electrons. The number of carbonyl (C=O) groups is 2. The molecule has 1 aliphatic rings. The molecule has 1 aliphatic heterocycles. The summed E-state index contributed by atoms with van der Waals surface area (Å²) in [6, 6.07) is -0.0156. The molecule has 11 heteroatoms. The number of anilines is 1. The number of hydrogen-bond donors (Lipinski definition) is 4. The van der Waals surface area contributed by atoms with Gasteiger partial charge in [0.15, 0.2) is 11.6 Å². The van der Waals surface area contributed by atoms with Gasteiger partial charge in [-0.3, -0.25) is 9.59 Å². The molecule has 1 fully saturated rings. The number of nitrogens with one attached hydrogen (secondary N) is 2. The van der Waals surface area contributed by atoms with Gasteiger partial charge in [0, 0.05) is 12.6 Å². The van der Waals surface area contributed by atoms with Crippen molar-refractivity contribution in [3.8, 4) is 0 Å². The fourth-order valence-electron chi connectivity index (χ4n) is 2.84. The van der Waals surface area contributed by atoms with Crippen molar-refractivity contribution in [2.45, 2.75) is 38.7 Å². The second-order valence-corrected chi connectivity index (χ2v) is 6.89. The summed E-state index contributed by atoms with van der Waals surface area (Å²) in [6.45, 7) is 3.77. The molecule has 0 unspecified atom stereocenters. The van der Waals surface area contributed by atoms with Gasteiger partial charge in [0.1, 0.15) is 11.9 Å². The summed E-state index contributed by atoms with van der Waals surface area (Å²) in [7, 11) is -1.71. The third-order valence-electron chi connectivity index (χ3n) is 4.24. The molecule has 0 aliphatic carbocycles. The summed E-state index contributed by atoms with van der Waals surface area (Å²) in [5, 5.41) is 23.5. The van der Waals surface area contributed by atoms with E-state index in [-0.39, 0.29) is 18.3 Å². The minimum absolute atomic E-state index is 0.118. The van der Waals surface area contributed by atoms with Crippen LogP contribution in [-0.2, 0) is 9.59 Å². The van der Waals surface area contributed by atoms with Gasteiger partial charge in [0.05, 0.1) is 18.7 Å². The maximum atomic E-state index is 13.8. The molecule has 0 bridgehead atoms. The van der Waals surface area contributed by atoms with E-state index in [2.05, 4.69) is 15.6 Å². The molecule has 0 aromatic carbocycles. The van der Waals surface area contributed by atoms with E-state index in [4.69, 9.17) is 0 Å². The van der Waals surface area contributed by atoms with E-state index in [0.717, 1.165) is 6.20 Å². The van der Waals surface area contributed by atoms with Crippen molar-refractivity contribution in [2.75, 3.05) is 18.0 Å². The first-order chi connectivity index (χ1) is 12.7. The number of carbonyl (C=O) groups excluding carboxylic acids is 2. The van der Waals surface area contributed by atoms with Gasteiger partial charge in [-0.1, -0.05) is 13.8 Å². The van der Waals surface area contributed by atoms with E-state index in [0.29, 0.717) is 25.5 Å². The van der Waals surface area contributed by atoms with Gasteiger partial charge in [0.25, 0.3) is 0 Å². The predicted molar refractivity (Wildman–Crippen MR) is 94.5 cm³/mol. The molecule has 0 spiro atoms. The Morgan fingerprint density at radius 2 is 2.11 bits per heavy atom. The lowest BCUT2D eigenvalue weighted by Gasteiger charge is -2.40. The highest BCUT2D eigenvalue weighted by Crippen LogP contribution is 2.27. The number of rotatable bonds is 8. The number of amides is 2. The van der Waals surface area contributed by atoms with E-state index < -0.39 is 42.6 Å². The van der Waals surface area contributed by atoms with Crippen LogP contribution in [0.5, 0.6) is 0 Å². The lowest BCUT2D eigenvalue weighted by Crippen LogP contribution is -2.58. The average Bonchev–Trinajstić information content (AvgIpc) is 2.53. The highest BCUT2D eigenvalue weighted by Gasteiger charge is 2.37. The Balaban J connectivity index is 1.87. The Morgan fingerprint density at radius 1 is 1.41 bits per heavy atom. The topological polar surface area (TPSA) is 115 Å². The van der Waals surface area contributed by atoms with Gasteiger partial charge in [-0.15, -0.1) is 0 Å². The summed E-state index contributed by atoms with van der Waals surface area (Å²) in [6.07, 6.45) is 1.68. The van der Waals surface area contributed by atoms with Crippen LogP contribution in [0.15, 0.2) is 12.3 Å². The Kier molecular flexibility index (Phi) is 7.08. The number of nitrogens with zero attached hydrogens (tertiary/aromatic N) is 2. The highest BCUT2D eigenvalue weighted by atomic mass is 19.1. The lowest BCUT2D eigenvalue weighted by molar-refractivity contribution is -0.127. The Hall–Kier alpha value is -2.27. The zero-order valence-corrected chi connectivity index (χ0v) is 15.2. The van der Waals surface area contributed by atoms with Crippen molar-refractivity contribution in [1.29, 1.82) is 0 Å². The van der Waals surface area contributed by atoms with Gasteiger partial charge in [-0.2, -0.15) is 0 Å². The SMILES string of the molecule is CC(C)C[C@H](NC(=O)CNC(=O)[C@@H]1CCN1c1ncc(F)cc1F)B(O)O. The largest absolute Gasteiger partial charge is 0.475 e. The molecular weight excluding hydrogens is 361 g/mol. The first kappa shape index (κ1) is 21.0. The Morgan fingerprint density at radius 3 is 2.63 bits per heavy atom. The minimum Gasteiger partial charge on any atom is -0.426 e. The highest BCUT2D eigenvalue weighted by molar-refractivity contribution is 6.43. The molecule has 1 aromatic heterocycles. The van der Waals surface area contributed by atoms with E-state index in [1.165, 1.54) is 4.90 Å². The molecule has 2 rings (SSSR count). The van der Waals surface area contributed by atoms with Crippen LogP contribution >= 0.6 is 0 Å². The number of pyridine rings is 1. The lowest BCUT2D eigenvalue weighted by atomic mass is 9.75. The van der Waals surface area contributed by atoms with E-state index in [1.807, 2.05) is 13.8 Å². The number of aromatic nitrogens is 1. The minimum atomic E-state index is -1.71. The van der Waals surface area contributed by atoms with Crippen LogP contribution in [0, 0.1) is 17.6 Å². The van der Waals surface area contributed by atoms with Gasteiger partial charge in [-0.25, -0.2) is 13.8 Å². The molecule has 0 saturated carbocycles. The molecule has 27 heavy (non-hydrogen) atoms. The van der Waals surface area contributed by atoms with E-state index in [9.17, 15) is 28.4 Å². The van der Waals surface area contributed by atoms with Crippen LogP contribution in [0.4, 0.5) is 14.6 Å². The van der Waals surface area contributed by atoms with Gasteiger partial charge >= 0.3 is 7.12 Å². The predicted octanol–water partition coefficient (Wildman–Crippen LogP) is -0.402. The summed E-state index contributed by atoms with van der Waals surface area (Å²) < 4.78 is 26.8. The normalized spacial score (nSPS) is 17.3. The van der Waals surface area contributed by atoms with Crippen molar-refractivity contribution < 1.29 is 28.4 Å². The molecule has 2 amide bonds. The van der Waals surface area contributed by atoms with E-state index in [1.54, 1.807) is 0 Å². The summed E-state index contributed by atoms with van der Waals surface area (Å²) in [5.74, 6) is -3.56. The van der Waals surface area contributed by atoms with Crippen molar-refractivity contribution in [1.82, 2.24) is 15.6 Å². The van der Waals surface area contributed by atoms with Crippen molar-refractivity contribution in [2.24, 2.45) is 5.92 Å². The monoisotopic (exact) mass is 384 g/mol. The van der Waals surface area contributed by atoms with Gasteiger partial charge < -0.3 is 25.6 Å². The van der Waals surface area contributed by atoms with Crippen LogP contribution < -0.4 is 15.5 Å². The van der Waals surface area contributed by atoms with Gasteiger partial charge in [0.2, 0.25) is 11.8 Å². The van der Waals surface area contributed by atoms with Crippen molar-refractivity contribution in [3.63, 3.8) is 0 Å². The number of halogens is 2. The molecule has 1 aromatic rings.